The van der Waals surface area contributed by atoms with Crippen LogP contribution in [0.4, 0.5) is 0 Å². The van der Waals surface area contributed by atoms with Crippen LogP contribution in [-0.4, -0.2) is 70.5 Å². The third-order valence-electron chi connectivity index (χ3n) is 4.43. The van der Waals surface area contributed by atoms with E-state index in [4.69, 9.17) is 21.7 Å². The van der Waals surface area contributed by atoms with E-state index in [9.17, 15) is 28.8 Å². The number of benzene rings is 1. The number of carbonyl (C=O) groups is 6. The molecule has 13 heteroatoms. The smallest absolute Gasteiger partial charge is 0.326 e. The Kier molecular flexibility index (Phi) is 11.0. The van der Waals surface area contributed by atoms with Crippen molar-refractivity contribution in [1.82, 2.24) is 16.0 Å². The number of hydrogen-bond donors (Lipinski definition) is 7. The van der Waals surface area contributed by atoms with Gasteiger partial charge in [0.1, 0.15) is 18.1 Å². The lowest BCUT2D eigenvalue weighted by Gasteiger charge is -2.24. The molecule has 0 radical (unpaired) electrons. The lowest BCUT2D eigenvalue weighted by atomic mass is 10.0. The fraction of sp³-hybridized carbons (Fsp3) is 0.400. The minimum atomic E-state index is -1.76. The molecule has 1 aromatic rings. The molecule has 0 heterocycles. The SMILES string of the molecule is NCC(=O)NC(Cc1ccccc1)C(=O)NC(CCC(N)=O)C(=O)NC(CC(=O)O)C(=O)O. The number of rotatable bonds is 14. The molecule has 9 N–H and O–H groups in total. The number of nitrogens with two attached hydrogens (primary N) is 2. The van der Waals surface area contributed by atoms with Gasteiger partial charge in [0.05, 0.1) is 13.0 Å². The molecule has 33 heavy (non-hydrogen) atoms. The van der Waals surface area contributed by atoms with Crippen LogP contribution in [0.2, 0.25) is 0 Å². The molecule has 0 saturated carbocycles. The normalized spacial score (nSPS) is 13.1. The Labute approximate surface area is 188 Å². The van der Waals surface area contributed by atoms with E-state index in [1.165, 1.54) is 0 Å². The van der Waals surface area contributed by atoms with Crippen LogP contribution in [0.15, 0.2) is 30.3 Å². The van der Waals surface area contributed by atoms with Gasteiger partial charge in [-0.2, -0.15) is 0 Å². The number of carbonyl (C=O) groups excluding carboxylic acids is 4. The summed E-state index contributed by atoms with van der Waals surface area (Å²) in [4.78, 5) is 70.6. The molecule has 0 aromatic heterocycles. The Bertz CT molecular complexity index is 876. The zero-order chi connectivity index (χ0) is 25.0. The van der Waals surface area contributed by atoms with Gasteiger partial charge in [0, 0.05) is 12.8 Å². The van der Waals surface area contributed by atoms with Gasteiger partial charge in [0.15, 0.2) is 0 Å². The number of hydrogen-bond acceptors (Lipinski definition) is 7. The first-order chi connectivity index (χ1) is 15.5. The summed E-state index contributed by atoms with van der Waals surface area (Å²) in [5, 5.41) is 24.8. The van der Waals surface area contributed by atoms with Crippen molar-refractivity contribution in [3.63, 3.8) is 0 Å². The molecule has 0 saturated heterocycles. The van der Waals surface area contributed by atoms with Gasteiger partial charge in [-0.15, -0.1) is 0 Å². The highest BCUT2D eigenvalue weighted by Gasteiger charge is 2.30. The number of carboxylic acids is 2. The molecule has 0 spiro atoms. The Morgan fingerprint density at radius 3 is 1.94 bits per heavy atom. The summed E-state index contributed by atoms with van der Waals surface area (Å²) in [6.45, 7) is -0.389. The number of carboxylic acid groups (broad SMARTS) is 2. The summed E-state index contributed by atoms with van der Waals surface area (Å²) in [6.07, 6.45) is -1.46. The van der Waals surface area contributed by atoms with E-state index >= 15 is 0 Å². The average Bonchev–Trinajstić information content (AvgIpc) is 2.75. The van der Waals surface area contributed by atoms with Gasteiger partial charge in [-0.1, -0.05) is 30.3 Å². The minimum absolute atomic E-state index is 0.0549. The molecule has 13 nitrogen and oxygen atoms in total. The fourth-order valence-electron chi connectivity index (χ4n) is 2.79. The van der Waals surface area contributed by atoms with E-state index in [0.717, 1.165) is 0 Å². The summed E-state index contributed by atoms with van der Waals surface area (Å²) in [5.74, 6) is -6.29. The predicted molar refractivity (Wildman–Crippen MR) is 113 cm³/mol. The van der Waals surface area contributed by atoms with Crippen molar-refractivity contribution in [2.75, 3.05) is 6.54 Å². The Morgan fingerprint density at radius 2 is 1.42 bits per heavy atom. The van der Waals surface area contributed by atoms with Gasteiger partial charge in [-0.05, 0) is 12.0 Å². The van der Waals surface area contributed by atoms with E-state index < -0.39 is 60.1 Å². The van der Waals surface area contributed by atoms with Gasteiger partial charge in [-0.3, -0.25) is 24.0 Å². The number of aliphatic carboxylic acids is 2. The van der Waals surface area contributed by atoms with Gasteiger partial charge >= 0.3 is 11.9 Å². The van der Waals surface area contributed by atoms with Crippen LogP contribution in [0.3, 0.4) is 0 Å². The highest BCUT2D eigenvalue weighted by atomic mass is 16.4. The average molecular weight is 465 g/mol. The van der Waals surface area contributed by atoms with Crippen LogP contribution < -0.4 is 27.4 Å². The molecule has 4 amide bonds. The fourth-order valence-corrected chi connectivity index (χ4v) is 2.79. The zero-order valence-electron chi connectivity index (χ0n) is 17.7. The molecule has 0 aliphatic rings. The van der Waals surface area contributed by atoms with Crippen molar-refractivity contribution in [2.45, 2.75) is 43.8 Å². The van der Waals surface area contributed by atoms with E-state index in [2.05, 4.69) is 10.6 Å². The monoisotopic (exact) mass is 465 g/mol. The first-order valence-electron chi connectivity index (χ1n) is 9.90. The maximum absolute atomic E-state index is 12.9. The third-order valence-corrected chi connectivity index (χ3v) is 4.43. The molecular formula is C20H27N5O8. The maximum Gasteiger partial charge on any atom is 0.326 e. The quantitative estimate of drug-likeness (QED) is 0.153. The minimum Gasteiger partial charge on any atom is -0.481 e. The summed E-state index contributed by atoms with van der Waals surface area (Å²) >= 11 is 0. The highest BCUT2D eigenvalue weighted by molar-refractivity contribution is 5.94. The van der Waals surface area contributed by atoms with Crippen LogP contribution >= 0.6 is 0 Å². The van der Waals surface area contributed by atoms with Crippen LogP contribution in [-0.2, 0) is 35.2 Å². The molecule has 0 fully saturated rings. The molecule has 0 aliphatic carbocycles. The largest absolute Gasteiger partial charge is 0.481 e. The van der Waals surface area contributed by atoms with Crippen molar-refractivity contribution in [3.05, 3.63) is 35.9 Å². The number of amides is 4. The number of nitrogens with one attached hydrogen (secondary N) is 3. The molecule has 0 aliphatic heterocycles. The summed E-state index contributed by atoms with van der Waals surface area (Å²) in [6, 6.07) is 4.33. The second-order valence-corrected chi connectivity index (χ2v) is 7.08. The second-order valence-electron chi connectivity index (χ2n) is 7.08. The van der Waals surface area contributed by atoms with Crippen LogP contribution in [0.1, 0.15) is 24.8 Å². The highest BCUT2D eigenvalue weighted by Crippen LogP contribution is 2.06. The molecule has 3 unspecified atom stereocenters. The molecule has 1 rings (SSSR count). The molecule has 3 atom stereocenters. The van der Waals surface area contributed by atoms with E-state index in [-0.39, 0.29) is 25.8 Å². The van der Waals surface area contributed by atoms with E-state index in [1.54, 1.807) is 30.3 Å². The van der Waals surface area contributed by atoms with E-state index in [1.807, 2.05) is 5.32 Å². The van der Waals surface area contributed by atoms with Crippen molar-refractivity contribution in [2.24, 2.45) is 11.5 Å². The first kappa shape index (κ1) is 27.0. The van der Waals surface area contributed by atoms with Crippen LogP contribution in [0.5, 0.6) is 0 Å². The molecule has 180 valence electrons. The third kappa shape index (κ3) is 10.2. The summed E-state index contributed by atoms with van der Waals surface area (Å²) < 4.78 is 0. The topological polar surface area (TPSA) is 231 Å². The second kappa shape index (κ2) is 13.4. The Hall–Kier alpha value is -4.00. The van der Waals surface area contributed by atoms with Gasteiger partial charge in [0.25, 0.3) is 0 Å². The lowest BCUT2D eigenvalue weighted by Crippen LogP contribution is -2.57. The van der Waals surface area contributed by atoms with Gasteiger partial charge in [-0.25, -0.2) is 4.79 Å². The van der Waals surface area contributed by atoms with Gasteiger partial charge in [0.2, 0.25) is 23.6 Å². The summed E-state index contributed by atoms with van der Waals surface area (Å²) in [5.41, 5.74) is 11.1. The summed E-state index contributed by atoms with van der Waals surface area (Å²) in [7, 11) is 0. The van der Waals surface area contributed by atoms with Gasteiger partial charge < -0.3 is 37.6 Å². The first-order valence-corrected chi connectivity index (χ1v) is 9.90. The molecule has 0 bridgehead atoms. The Balaban J connectivity index is 3.05. The van der Waals surface area contributed by atoms with Crippen molar-refractivity contribution >= 4 is 35.6 Å². The number of primary amides is 1. The Morgan fingerprint density at radius 1 is 0.848 bits per heavy atom. The molecule has 1 aromatic carbocycles. The maximum atomic E-state index is 12.9. The van der Waals surface area contributed by atoms with Crippen molar-refractivity contribution < 1.29 is 39.0 Å². The standard InChI is InChI=1S/C20H27N5O8/c21-10-16(27)23-13(8-11-4-2-1-3-5-11)19(31)24-12(6-7-15(22)26)18(30)25-14(20(32)33)9-17(28)29/h1-5,12-14H,6-10,21H2,(H2,22,26)(H,23,27)(H,24,31)(H,25,30)(H,28,29)(H,32,33). The van der Waals surface area contributed by atoms with E-state index in [0.29, 0.717) is 5.56 Å². The van der Waals surface area contributed by atoms with Crippen LogP contribution in [0, 0.1) is 0 Å². The van der Waals surface area contributed by atoms with Crippen molar-refractivity contribution in [1.29, 1.82) is 0 Å². The van der Waals surface area contributed by atoms with Crippen LogP contribution in [0.25, 0.3) is 0 Å². The molecular weight excluding hydrogens is 438 g/mol. The predicted octanol–water partition coefficient (Wildman–Crippen LogP) is -2.53. The lowest BCUT2D eigenvalue weighted by molar-refractivity contribution is -0.147. The zero-order valence-corrected chi connectivity index (χ0v) is 17.7. The van der Waals surface area contributed by atoms with Crippen molar-refractivity contribution in [3.8, 4) is 0 Å².